The van der Waals surface area contributed by atoms with Crippen LogP contribution in [-0.4, -0.2) is 12.1 Å². The highest BCUT2D eigenvalue weighted by Gasteiger charge is 2.59. The second kappa shape index (κ2) is 21.4. The molecule has 0 saturated heterocycles. The number of esters is 1. The number of hydrogen-bond donors (Lipinski definition) is 0. The summed E-state index contributed by atoms with van der Waals surface area (Å²) in [6, 6.07) is 0. The molecule has 0 aromatic heterocycles. The Kier molecular flexibility index (Phi) is 17.7. The average molecular weight is 691 g/mol. The molecule has 4 aliphatic rings. The number of unbranched alkanes of at least 4 members (excludes halogenated alkanes) is 11. The van der Waals surface area contributed by atoms with Crippen LogP contribution < -0.4 is 0 Å². The van der Waals surface area contributed by atoms with Crippen molar-refractivity contribution in [1.82, 2.24) is 0 Å². The second-order valence-corrected chi connectivity index (χ2v) is 18.7. The number of carbonyl (C=O) groups excluding carboxylic acids is 1. The smallest absolute Gasteiger partial charge is 0.306 e. The fourth-order valence-corrected chi connectivity index (χ4v) is 11.6. The molecule has 4 rings (SSSR count). The molecule has 0 N–H and O–H groups in total. The lowest BCUT2D eigenvalue weighted by atomic mass is 9.47. The molecule has 0 bridgehead atoms. The minimum Gasteiger partial charge on any atom is -0.462 e. The topological polar surface area (TPSA) is 26.3 Å². The lowest BCUT2D eigenvalue weighted by Crippen LogP contribution is -2.51. The molecule has 50 heavy (non-hydrogen) atoms. The first kappa shape index (κ1) is 41.4. The third kappa shape index (κ3) is 11.9. The maximum absolute atomic E-state index is 12.8. The molecule has 2 heteroatoms. The van der Waals surface area contributed by atoms with Crippen LogP contribution in [0.1, 0.15) is 208 Å². The molecule has 0 spiro atoms. The molecule has 3 saturated carbocycles. The van der Waals surface area contributed by atoms with E-state index in [0.29, 0.717) is 17.3 Å². The molecule has 3 fully saturated rings. The van der Waals surface area contributed by atoms with Crippen LogP contribution in [0.15, 0.2) is 36.0 Å². The lowest BCUT2D eigenvalue weighted by Gasteiger charge is -2.58. The fourth-order valence-electron chi connectivity index (χ4n) is 11.6. The molecular formula is C48H82O2. The van der Waals surface area contributed by atoms with E-state index in [1.165, 1.54) is 128 Å². The standard InChI is InChI=1S/C48H82O2/c1-7-8-9-10-11-12-13-14-15-16-17-18-19-20-21-22-23-24-28-46(49)50-41-33-35-47(5)40(37-41)29-30-42-44-32-31-43(39(4)27-25-26-38(2)3)48(44,6)36-34-45(42)47/h12-13,15-16,29,38-39,41-45H,7-11,14,17-28,30-37H2,1-6H3/b13-12-,16-15-. The van der Waals surface area contributed by atoms with Gasteiger partial charge in [0.2, 0.25) is 0 Å². The van der Waals surface area contributed by atoms with Gasteiger partial charge in [-0.05, 0) is 130 Å². The average Bonchev–Trinajstić information content (AvgIpc) is 3.45. The summed E-state index contributed by atoms with van der Waals surface area (Å²) in [6.07, 6.45) is 44.9. The molecule has 0 amide bonds. The van der Waals surface area contributed by atoms with Crippen LogP contribution in [0.2, 0.25) is 0 Å². The van der Waals surface area contributed by atoms with Crippen molar-refractivity contribution in [3.63, 3.8) is 0 Å². The quantitative estimate of drug-likeness (QED) is 0.0606. The van der Waals surface area contributed by atoms with Gasteiger partial charge >= 0.3 is 5.97 Å². The minimum absolute atomic E-state index is 0.0546. The third-order valence-corrected chi connectivity index (χ3v) is 14.6. The van der Waals surface area contributed by atoms with Gasteiger partial charge in [0.15, 0.2) is 0 Å². The fraction of sp³-hybridized carbons (Fsp3) is 0.854. The van der Waals surface area contributed by atoms with Gasteiger partial charge in [0.25, 0.3) is 0 Å². The Hall–Kier alpha value is -1.31. The van der Waals surface area contributed by atoms with Gasteiger partial charge < -0.3 is 4.74 Å². The summed E-state index contributed by atoms with van der Waals surface area (Å²) in [6.45, 7) is 14.9. The Morgan fingerprint density at radius 1 is 0.780 bits per heavy atom. The zero-order valence-electron chi connectivity index (χ0n) is 34.1. The Bertz CT molecular complexity index is 1070. The summed E-state index contributed by atoms with van der Waals surface area (Å²) in [5, 5.41) is 0. The van der Waals surface area contributed by atoms with Crippen molar-refractivity contribution < 1.29 is 9.53 Å². The van der Waals surface area contributed by atoms with E-state index in [2.05, 4.69) is 71.9 Å². The van der Waals surface area contributed by atoms with Gasteiger partial charge in [0, 0.05) is 12.8 Å². The number of fused-ring (bicyclic) bond motifs is 5. The van der Waals surface area contributed by atoms with Gasteiger partial charge in [-0.15, -0.1) is 0 Å². The minimum atomic E-state index is 0.0546. The van der Waals surface area contributed by atoms with E-state index in [9.17, 15) is 4.79 Å². The van der Waals surface area contributed by atoms with Crippen LogP contribution in [0, 0.1) is 46.3 Å². The Balaban J connectivity index is 1.07. The van der Waals surface area contributed by atoms with Crippen LogP contribution in [0.3, 0.4) is 0 Å². The Labute approximate surface area is 311 Å². The summed E-state index contributed by atoms with van der Waals surface area (Å²) >= 11 is 0. The van der Waals surface area contributed by atoms with Crippen LogP contribution in [0.5, 0.6) is 0 Å². The first-order chi connectivity index (χ1) is 24.2. The number of allylic oxidation sites excluding steroid dienone is 5. The van der Waals surface area contributed by atoms with Crippen LogP contribution in [0.25, 0.3) is 0 Å². The largest absolute Gasteiger partial charge is 0.462 e. The van der Waals surface area contributed by atoms with Gasteiger partial charge in [-0.25, -0.2) is 0 Å². The molecule has 0 aromatic rings. The van der Waals surface area contributed by atoms with Crippen molar-refractivity contribution in [2.45, 2.75) is 215 Å². The molecule has 4 aliphatic carbocycles. The molecular weight excluding hydrogens is 609 g/mol. The van der Waals surface area contributed by atoms with Crippen molar-refractivity contribution in [2.24, 2.45) is 46.3 Å². The zero-order chi connectivity index (χ0) is 35.8. The summed E-state index contributed by atoms with van der Waals surface area (Å²) in [7, 11) is 0. The number of carbonyl (C=O) groups is 1. The van der Waals surface area contributed by atoms with E-state index in [1.807, 2.05) is 0 Å². The number of ether oxygens (including phenoxy) is 1. The maximum Gasteiger partial charge on any atom is 0.306 e. The highest BCUT2D eigenvalue weighted by atomic mass is 16.5. The van der Waals surface area contributed by atoms with E-state index in [4.69, 9.17) is 4.74 Å². The van der Waals surface area contributed by atoms with Crippen molar-refractivity contribution in [3.8, 4) is 0 Å². The maximum atomic E-state index is 12.8. The Morgan fingerprint density at radius 3 is 2.16 bits per heavy atom. The van der Waals surface area contributed by atoms with E-state index >= 15 is 0 Å². The van der Waals surface area contributed by atoms with Gasteiger partial charge in [0.1, 0.15) is 6.10 Å². The van der Waals surface area contributed by atoms with Gasteiger partial charge in [-0.3, -0.25) is 4.79 Å². The Morgan fingerprint density at radius 2 is 1.46 bits per heavy atom. The number of hydrogen-bond acceptors (Lipinski definition) is 2. The highest BCUT2D eigenvalue weighted by Crippen LogP contribution is 2.67. The van der Waals surface area contributed by atoms with Gasteiger partial charge in [-0.1, -0.05) is 148 Å². The van der Waals surface area contributed by atoms with E-state index in [1.54, 1.807) is 5.57 Å². The van der Waals surface area contributed by atoms with E-state index < -0.39 is 0 Å². The predicted molar refractivity (Wildman–Crippen MR) is 216 cm³/mol. The lowest BCUT2D eigenvalue weighted by molar-refractivity contribution is -0.151. The molecule has 8 atom stereocenters. The summed E-state index contributed by atoms with van der Waals surface area (Å²) < 4.78 is 6.14. The third-order valence-electron chi connectivity index (χ3n) is 14.6. The SMILES string of the molecule is CCCCCC/C=C\C/C=C\CCCCCCCCCC(=O)OC1CCC2(C)C(=CCC3C2CCC2(C)C(C(C)CCCC(C)C)CCC32)C1. The highest BCUT2D eigenvalue weighted by molar-refractivity contribution is 5.69. The molecule has 0 heterocycles. The molecule has 0 aliphatic heterocycles. The van der Waals surface area contributed by atoms with Crippen LogP contribution in [-0.2, 0) is 9.53 Å². The molecule has 0 aromatic carbocycles. The van der Waals surface area contributed by atoms with Gasteiger partial charge in [0.05, 0.1) is 0 Å². The molecule has 0 radical (unpaired) electrons. The zero-order valence-corrected chi connectivity index (χ0v) is 34.1. The van der Waals surface area contributed by atoms with E-state index in [-0.39, 0.29) is 12.1 Å². The molecule has 8 unspecified atom stereocenters. The first-order valence-electron chi connectivity index (χ1n) is 22.4. The monoisotopic (exact) mass is 691 g/mol. The number of rotatable bonds is 23. The predicted octanol–water partition coefficient (Wildman–Crippen LogP) is 14.9. The second-order valence-electron chi connectivity index (χ2n) is 18.7. The van der Waals surface area contributed by atoms with Crippen LogP contribution >= 0.6 is 0 Å². The van der Waals surface area contributed by atoms with Crippen molar-refractivity contribution in [2.75, 3.05) is 0 Å². The summed E-state index contributed by atoms with van der Waals surface area (Å²) in [5.41, 5.74) is 2.52. The van der Waals surface area contributed by atoms with E-state index in [0.717, 1.165) is 67.6 Å². The van der Waals surface area contributed by atoms with Crippen LogP contribution in [0.4, 0.5) is 0 Å². The first-order valence-corrected chi connectivity index (χ1v) is 22.4. The van der Waals surface area contributed by atoms with Crippen molar-refractivity contribution in [1.29, 1.82) is 0 Å². The van der Waals surface area contributed by atoms with Crippen molar-refractivity contribution >= 4 is 5.97 Å². The molecule has 2 nitrogen and oxygen atoms in total. The summed E-state index contributed by atoms with van der Waals surface area (Å²) in [5.74, 6) is 5.30. The van der Waals surface area contributed by atoms with Gasteiger partial charge in [-0.2, -0.15) is 0 Å². The van der Waals surface area contributed by atoms with Crippen molar-refractivity contribution in [3.05, 3.63) is 36.0 Å². The summed E-state index contributed by atoms with van der Waals surface area (Å²) in [4.78, 5) is 12.8. The molecule has 286 valence electrons. The normalized spacial score (nSPS) is 31.5.